The van der Waals surface area contributed by atoms with Crippen molar-refractivity contribution in [3.63, 3.8) is 0 Å². The number of carbonyl (C=O) groups is 3. The summed E-state index contributed by atoms with van der Waals surface area (Å²) in [6.07, 6.45) is 3.78. The third kappa shape index (κ3) is 5.15. The van der Waals surface area contributed by atoms with Crippen molar-refractivity contribution in [1.82, 2.24) is 4.98 Å². The molecule has 7 heteroatoms. The van der Waals surface area contributed by atoms with E-state index in [1.807, 2.05) is 6.26 Å². The minimum Gasteiger partial charge on any atom is -0.454 e. The fourth-order valence-corrected chi connectivity index (χ4v) is 2.53. The van der Waals surface area contributed by atoms with Crippen molar-refractivity contribution in [1.29, 1.82) is 0 Å². The van der Waals surface area contributed by atoms with E-state index in [0.29, 0.717) is 28.3 Å². The van der Waals surface area contributed by atoms with E-state index in [9.17, 15) is 14.4 Å². The van der Waals surface area contributed by atoms with Gasteiger partial charge in [-0.25, -0.2) is 9.78 Å². The summed E-state index contributed by atoms with van der Waals surface area (Å²) in [5.41, 5.74) is 1.35. The molecule has 0 saturated carbocycles. The molecule has 6 nitrogen and oxygen atoms in total. The Bertz CT molecular complexity index is 775. The Kier molecular flexibility index (Phi) is 6.71. The molecule has 0 unspecified atom stereocenters. The highest BCUT2D eigenvalue weighted by Crippen LogP contribution is 2.18. The van der Waals surface area contributed by atoms with E-state index in [-0.39, 0.29) is 18.3 Å². The Hall–Kier alpha value is -2.67. The standard InChI is InChI=1S/C18H18N2O4S/c1-3-16(22)20-13-8-6-12(7-9-13)15(21)11-24-18(23)14-5-4-10-19-17(14)25-2/h4-10H,3,11H2,1-2H3,(H,20,22). The van der Waals surface area contributed by atoms with Crippen LogP contribution in [0, 0.1) is 0 Å². The fourth-order valence-electron chi connectivity index (χ4n) is 1.99. The van der Waals surface area contributed by atoms with E-state index < -0.39 is 5.97 Å². The van der Waals surface area contributed by atoms with Crippen molar-refractivity contribution in [2.75, 3.05) is 18.2 Å². The lowest BCUT2D eigenvalue weighted by atomic mass is 10.1. The molecule has 1 N–H and O–H groups in total. The first-order chi connectivity index (χ1) is 12.0. The first-order valence-electron chi connectivity index (χ1n) is 7.64. The van der Waals surface area contributed by atoms with Gasteiger partial charge in [0.15, 0.2) is 12.4 Å². The highest BCUT2D eigenvalue weighted by atomic mass is 32.2. The van der Waals surface area contributed by atoms with Crippen molar-refractivity contribution < 1.29 is 19.1 Å². The third-order valence-corrected chi connectivity index (χ3v) is 4.04. The molecule has 1 heterocycles. The number of benzene rings is 1. The maximum absolute atomic E-state index is 12.1. The van der Waals surface area contributed by atoms with Crippen molar-refractivity contribution >= 4 is 35.1 Å². The third-order valence-electron chi connectivity index (χ3n) is 3.33. The largest absolute Gasteiger partial charge is 0.454 e. The molecule has 0 fully saturated rings. The highest BCUT2D eigenvalue weighted by Gasteiger charge is 2.15. The number of hydrogen-bond acceptors (Lipinski definition) is 6. The first kappa shape index (κ1) is 18.7. The van der Waals surface area contributed by atoms with Crippen LogP contribution in [0.2, 0.25) is 0 Å². The van der Waals surface area contributed by atoms with E-state index in [0.717, 1.165) is 0 Å². The van der Waals surface area contributed by atoms with Gasteiger partial charge in [0.2, 0.25) is 5.91 Å². The van der Waals surface area contributed by atoms with Crippen LogP contribution < -0.4 is 5.32 Å². The van der Waals surface area contributed by atoms with Gasteiger partial charge in [-0.2, -0.15) is 0 Å². The van der Waals surface area contributed by atoms with Gasteiger partial charge in [0, 0.05) is 23.9 Å². The van der Waals surface area contributed by atoms with Crippen LogP contribution >= 0.6 is 11.8 Å². The number of ether oxygens (including phenoxy) is 1. The fraction of sp³-hybridized carbons (Fsp3) is 0.222. The molecule has 2 rings (SSSR count). The molecule has 25 heavy (non-hydrogen) atoms. The summed E-state index contributed by atoms with van der Waals surface area (Å²) in [5.74, 6) is -1.01. The van der Waals surface area contributed by atoms with Crippen LogP contribution in [-0.2, 0) is 9.53 Å². The molecule has 1 aromatic heterocycles. The second kappa shape index (κ2) is 8.98. The molecule has 0 spiro atoms. The number of rotatable bonds is 7. The number of esters is 1. The number of ketones is 1. The van der Waals surface area contributed by atoms with Crippen molar-refractivity contribution in [3.8, 4) is 0 Å². The van der Waals surface area contributed by atoms with Crippen LogP contribution in [0.4, 0.5) is 5.69 Å². The number of hydrogen-bond donors (Lipinski definition) is 1. The summed E-state index contributed by atoms with van der Waals surface area (Å²) in [6, 6.07) is 9.68. The Balaban J connectivity index is 1.95. The number of anilines is 1. The van der Waals surface area contributed by atoms with Gasteiger partial charge in [0.05, 0.1) is 5.56 Å². The van der Waals surface area contributed by atoms with E-state index in [1.165, 1.54) is 11.8 Å². The molecular weight excluding hydrogens is 340 g/mol. The van der Waals surface area contributed by atoms with E-state index in [2.05, 4.69) is 10.3 Å². The molecule has 1 aromatic carbocycles. The minimum absolute atomic E-state index is 0.103. The number of pyridine rings is 1. The predicted molar refractivity (Wildman–Crippen MR) is 96.0 cm³/mol. The van der Waals surface area contributed by atoms with Gasteiger partial charge < -0.3 is 10.1 Å². The number of thioether (sulfide) groups is 1. The zero-order chi connectivity index (χ0) is 18.2. The molecular formula is C18H18N2O4S. The molecule has 0 aliphatic heterocycles. The average Bonchev–Trinajstić information content (AvgIpc) is 2.66. The Morgan fingerprint density at radius 3 is 2.52 bits per heavy atom. The number of nitrogens with zero attached hydrogens (tertiary/aromatic N) is 1. The van der Waals surface area contributed by atoms with Crippen LogP contribution in [0.15, 0.2) is 47.6 Å². The molecule has 1 amide bonds. The zero-order valence-corrected chi connectivity index (χ0v) is 14.8. The minimum atomic E-state index is -0.586. The maximum Gasteiger partial charge on any atom is 0.341 e. The predicted octanol–water partition coefficient (Wildman–Crippen LogP) is 3.19. The second-order valence-corrected chi connectivity index (χ2v) is 5.83. The topological polar surface area (TPSA) is 85.4 Å². The molecule has 0 aliphatic carbocycles. The lowest BCUT2D eigenvalue weighted by Crippen LogP contribution is -2.15. The molecule has 130 valence electrons. The number of aromatic nitrogens is 1. The van der Waals surface area contributed by atoms with E-state index in [4.69, 9.17) is 4.74 Å². The van der Waals surface area contributed by atoms with Crippen LogP contribution in [0.3, 0.4) is 0 Å². The monoisotopic (exact) mass is 358 g/mol. The van der Waals surface area contributed by atoms with Gasteiger partial charge in [-0.3, -0.25) is 9.59 Å². The van der Waals surface area contributed by atoms with Gasteiger partial charge in [0.25, 0.3) is 0 Å². The summed E-state index contributed by atoms with van der Waals surface area (Å²) < 4.78 is 5.09. The number of amides is 1. The number of nitrogens with one attached hydrogen (secondary N) is 1. The Labute approximate surface area is 150 Å². The molecule has 0 bridgehead atoms. The SMILES string of the molecule is CCC(=O)Nc1ccc(C(=O)COC(=O)c2cccnc2SC)cc1. The lowest BCUT2D eigenvalue weighted by Gasteiger charge is -2.08. The summed E-state index contributed by atoms with van der Waals surface area (Å²) in [5, 5.41) is 3.25. The van der Waals surface area contributed by atoms with Crippen molar-refractivity contribution in [2.24, 2.45) is 0 Å². The van der Waals surface area contributed by atoms with Crippen molar-refractivity contribution in [3.05, 3.63) is 53.7 Å². The van der Waals surface area contributed by atoms with Crippen LogP contribution in [0.5, 0.6) is 0 Å². The van der Waals surface area contributed by atoms with Crippen LogP contribution in [0.25, 0.3) is 0 Å². The summed E-state index contributed by atoms with van der Waals surface area (Å²) in [6.45, 7) is 1.40. The summed E-state index contributed by atoms with van der Waals surface area (Å²) in [4.78, 5) is 39.6. The van der Waals surface area contributed by atoms with Crippen LogP contribution in [0.1, 0.15) is 34.1 Å². The number of carbonyl (C=O) groups excluding carboxylic acids is 3. The molecule has 0 radical (unpaired) electrons. The number of Topliss-reactive ketones (excluding diaryl/α,β-unsaturated/α-hetero) is 1. The maximum atomic E-state index is 12.1. The average molecular weight is 358 g/mol. The molecule has 0 atom stereocenters. The molecule has 2 aromatic rings. The van der Waals surface area contributed by atoms with E-state index in [1.54, 1.807) is 49.5 Å². The summed E-state index contributed by atoms with van der Waals surface area (Å²) >= 11 is 1.33. The van der Waals surface area contributed by atoms with Gasteiger partial charge >= 0.3 is 5.97 Å². The molecule has 0 aliphatic rings. The van der Waals surface area contributed by atoms with Gasteiger partial charge in [-0.1, -0.05) is 6.92 Å². The second-order valence-electron chi connectivity index (χ2n) is 5.04. The lowest BCUT2D eigenvalue weighted by molar-refractivity contribution is -0.115. The highest BCUT2D eigenvalue weighted by molar-refractivity contribution is 7.98. The van der Waals surface area contributed by atoms with Gasteiger partial charge in [0.1, 0.15) is 5.03 Å². The quantitative estimate of drug-likeness (QED) is 0.465. The van der Waals surface area contributed by atoms with Crippen molar-refractivity contribution in [2.45, 2.75) is 18.4 Å². The van der Waals surface area contributed by atoms with Gasteiger partial charge in [-0.15, -0.1) is 11.8 Å². The smallest absolute Gasteiger partial charge is 0.341 e. The van der Waals surface area contributed by atoms with Crippen LogP contribution in [-0.4, -0.2) is 35.5 Å². The normalized spacial score (nSPS) is 10.2. The van der Waals surface area contributed by atoms with Gasteiger partial charge in [-0.05, 0) is 42.7 Å². The Morgan fingerprint density at radius 1 is 1.16 bits per heavy atom. The van der Waals surface area contributed by atoms with E-state index >= 15 is 0 Å². The zero-order valence-electron chi connectivity index (χ0n) is 13.9. The Morgan fingerprint density at radius 2 is 1.88 bits per heavy atom. The summed E-state index contributed by atoms with van der Waals surface area (Å²) in [7, 11) is 0. The molecule has 0 saturated heterocycles. The first-order valence-corrected chi connectivity index (χ1v) is 8.87.